The van der Waals surface area contributed by atoms with Crippen molar-refractivity contribution in [3.63, 3.8) is 0 Å². The van der Waals surface area contributed by atoms with Crippen LogP contribution in [0.15, 0.2) is 30.3 Å². The molecule has 0 aliphatic heterocycles. The lowest BCUT2D eigenvalue weighted by Gasteiger charge is -2.23. The Bertz CT molecular complexity index is 1550. The quantitative estimate of drug-likeness (QED) is 0.244. The summed E-state index contributed by atoms with van der Waals surface area (Å²) >= 11 is 6.72. The van der Waals surface area contributed by atoms with Gasteiger partial charge in [0.05, 0.1) is 22.7 Å². The van der Waals surface area contributed by atoms with Gasteiger partial charge in [0, 0.05) is 55.2 Å². The van der Waals surface area contributed by atoms with Gasteiger partial charge in [0.1, 0.15) is 16.9 Å². The highest BCUT2D eigenvalue weighted by molar-refractivity contribution is 6.38. The first-order valence-electron chi connectivity index (χ1n) is 12.9. The molecule has 0 spiro atoms. The Hall–Kier alpha value is -2.97. The Morgan fingerprint density at radius 3 is 2.58 bits per heavy atom. The fourth-order valence-corrected chi connectivity index (χ4v) is 5.67. The third kappa shape index (κ3) is 4.69. The second-order valence-electron chi connectivity index (χ2n) is 10.8. The summed E-state index contributed by atoms with van der Waals surface area (Å²) in [6, 6.07) is 9.36. The average molecular weight is 544 g/mol. The van der Waals surface area contributed by atoms with Crippen LogP contribution in [0.4, 0.5) is 8.78 Å². The van der Waals surface area contributed by atoms with Crippen LogP contribution in [0, 0.1) is 0 Å². The smallest absolute Gasteiger partial charge is 0.340 e. The summed E-state index contributed by atoms with van der Waals surface area (Å²) in [5, 5.41) is 1.04. The maximum Gasteiger partial charge on any atom is 0.340 e. The monoisotopic (exact) mass is 543 g/mol. The molecule has 6 nitrogen and oxygen atoms in total. The number of rotatable bonds is 6. The molecule has 9 heteroatoms. The van der Waals surface area contributed by atoms with Crippen molar-refractivity contribution in [1.29, 1.82) is 0 Å². The molecule has 2 aromatic carbocycles. The van der Waals surface area contributed by atoms with Crippen molar-refractivity contribution in [2.45, 2.75) is 71.6 Å². The van der Waals surface area contributed by atoms with Crippen molar-refractivity contribution >= 4 is 39.5 Å². The number of methoxy groups -OCH3 is 1. The highest BCUT2D eigenvalue weighted by Crippen LogP contribution is 2.40. The standard InChI is InChI=1S/C29H32ClF2N3O3/c1-6-34-21-9-7-17(15-19(21)20-16-29(31,32)12-11-22(20)34)26-33-25-23(35(26)13-14-37-5)10-8-18(24(25)30)27(36)38-28(2,3)4/h7-10,15H,6,11-14,16H2,1-5H3. The van der Waals surface area contributed by atoms with E-state index in [1.807, 2.05) is 29.7 Å². The van der Waals surface area contributed by atoms with Gasteiger partial charge in [-0.25, -0.2) is 18.6 Å². The number of hydrogen-bond acceptors (Lipinski definition) is 4. The number of esters is 1. The van der Waals surface area contributed by atoms with Crippen LogP contribution in [0.1, 0.15) is 55.7 Å². The molecule has 0 unspecified atom stereocenters. The molecule has 0 N–H and O–H groups in total. The van der Waals surface area contributed by atoms with Gasteiger partial charge in [-0.1, -0.05) is 11.6 Å². The van der Waals surface area contributed by atoms with E-state index in [9.17, 15) is 13.6 Å². The lowest BCUT2D eigenvalue weighted by Crippen LogP contribution is -2.26. The van der Waals surface area contributed by atoms with E-state index in [-0.39, 0.29) is 23.4 Å². The fraction of sp³-hybridized carbons (Fsp3) is 0.448. The number of carbonyl (C=O) groups is 1. The Morgan fingerprint density at radius 2 is 1.89 bits per heavy atom. The number of fused-ring (bicyclic) bond motifs is 4. The number of benzene rings is 2. The van der Waals surface area contributed by atoms with Gasteiger partial charge >= 0.3 is 5.97 Å². The van der Waals surface area contributed by atoms with Crippen molar-refractivity contribution in [3.8, 4) is 11.4 Å². The Morgan fingerprint density at radius 1 is 1.16 bits per heavy atom. The first-order chi connectivity index (χ1) is 17.9. The maximum absolute atomic E-state index is 14.4. The summed E-state index contributed by atoms with van der Waals surface area (Å²) in [5.41, 5.74) is 4.22. The summed E-state index contributed by atoms with van der Waals surface area (Å²) in [4.78, 5) is 17.7. The topological polar surface area (TPSA) is 58.3 Å². The van der Waals surface area contributed by atoms with Gasteiger partial charge in [0.25, 0.3) is 5.92 Å². The number of carbonyl (C=O) groups excluding carboxylic acids is 1. The van der Waals surface area contributed by atoms with Crippen molar-refractivity contribution in [1.82, 2.24) is 14.1 Å². The SMILES string of the molecule is CCn1c2c(c3cc(-c4nc5c(Cl)c(C(=O)OC(C)(C)C)ccc5n4CCOC)ccc31)CC(F)(F)CC2. The Kier molecular flexibility index (Phi) is 6.76. The molecule has 5 rings (SSSR count). The lowest BCUT2D eigenvalue weighted by molar-refractivity contribution is -0.0125. The van der Waals surface area contributed by atoms with Gasteiger partial charge in [-0.2, -0.15) is 0 Å². The molecule has 0 saturated heterocycles. The minimum atomic E-state index is -2.72. The third-order valence-electron chi connectivity index (χ3n) is 7.02. The summed E-state index contributed by atoms with van der Waals surface area (Å²) in [5.74, 6) is -2.61. The number of aryl methyl sites for hydroxylation is 1. The number of nitrogens with zero attached hydrogens (tertiary/aromatic N) is 3. The van der Waals surface area contributed by atoms with Gasteiger partial charge in [-0.05, 0) is 70.0 Å². The molecule has 202 valence electrons. The minimum absolute atomic E-state index is 0.130. The van der Waals surface area contributed by atoms with Crippen LogP contribution in [0.25, 0.3) is 33.3 Å². The molecular weight excluding hydrogens is 512 g/mol. The lowest BCUT2D eigenvalue weighted by atomic mass is 9.92. The minimum Gasteiger partial charge on any atom is -0.456 e. The molecule has 0 fully saturated rings. The number of halogens is 3. The van der Waals surface area contributed by atoms with Gasteiger partial charge in [0.2, 0.25) is 0 Å². The van der Waals surface area contributed by atoms with Crippen LogP contribution in [-0.2, 0) is 35.4 Å². The zero-order valence-electron chi connectivity index (χ0n) is 22.3. The van der Waals surface area contributed by atoms with Crippen LogP contribution >= 0.6 is 11.6 Å². The molecule has 0 atom stereocenters. The summed E-state index contributed by atoms with van der Waals surface area (Å²) in [6.07, 6.45) is -0.0372. The molecule has 4 aromatic rings. The number of imidazole rings is 1. The van der Waals surface area contributed by atoms with E-state index in [4.69, 9.17) is 26.1 Å². The summed E-state index contributed by atoms with van der Waals surface area (Å²) in [7, 11) is 1.62. The molecule has 38 heavy (non-hydrogen) atoms. The van der Waals surface area contributed by atoms with Crippen molar-refractivity contribution < 1.29 is 23.0 Å². The molecular formula is C29H32ClF2N3O3. The van der Waals surface area contributed by atoms with Crippen LogP contribution in [0.5, 0.6) is 0 Å². The molecule has 0 amide bonds. The Labute approximate surface area is 225 Å². The fourth-order valence-electron chi connectivity index (χ4n) is 5.39. The second kappa shape index (κ2) is 9.65. The largest absolute Gasteiger partial charge is 0.456 e. The van der Waals surface area contributed by atoms with Gasteiger partial charge < -0.3 is 18.6 Å². The average Bonchev–Trinajstić information content (AvgIpc) is 3.36. The van der Waals surface area contributed by atoms with Crippen LogP contribution in [0.2, 0.25) is 5.02 Å². The molecule has 0 bridgehead atoms. The molecule has 0 saturated carbocycles. The van der Waals surface area contributed by atoms with E-state index in [0.717, 1.165) is 27.7 Å². The van der Waals surface area contributed by atoms with E-state index in [0.29, 0.717) is 43.0 Å². The zero-order chi connectivity index (χ0) is 27.4. The highest BCUT2D eigenvalue weighted by atomic mass is 35.5. The predicted molar refractivity (Wildman–Crippen MR) is 145 cm³/mol. The normalized spacial score (nSPS) is 15.3. The van der Waals surface area contributed by atoms with Gasteiger partial charge in [0.15, 0.2) is 0 Å². The van der Waals surface area contributed by atoms with E-state index < -0.39 is 17.5 Å². The first kappa shape index (κ1) is 26.6. The van der Waals surface area contributed by atoms with E-state index in [2.05, 4.69) is 4.57 Å². The predicted octanol–water partition coefficient (Wildman–Crippen LogP) is 7.06. The number of ether oxygens (including phenoxy) is 2. The summed E-state index contributed by atoms with van der Waals surface area (Å²) < 4.78 is 43.9. The molecule has 0 radical (unpaired) electrons. The second-order valence-corrected chi connectivity index (χ2v) is 11.2. The molecule has 2 aromatic heterocycles. The van der Waals surface area contributed by atoms with Crippen molar-refractivity contribution in [3.05, 3.63) is 52.2 Å². The van der Waals surface area contributed by atoms with Gasteiger partial charge in [-0.15, -0.1) is 0 Å². The molecule has 2 heterocycles. The van der Waals surface area contributed by atoms with Crippen molar-refractivity contribution in [2.24, 2.45) is 0 Å². The van der Waals surface area contributed by atoms with E-state index in [1.165, 1.54) is 0 Å². The third-order valence-corrected chi connectivity index (χ3v) is 7.40. The zero-order valence-corrected chi connectivity index (χ0v) is 23.1. The van der Waals surface area contributed by atoms with Crippen LogP contribution in [-0.4, -0.2) is 45.3 Å². The van der Waals surface area contributed by atoms with Crippen LogP contribution in [0.3, 0.4) is 0 Å². The first-order valence-corrected chi connectivity index (χ1v) is 13.2. The van der Waals surface area contributed by atoms with Gasteiger partial charge in [-0.3, -0.25) is 0 Å². The summed E-state index contributed by atoms with van der Waals surface area (Å²) in [6.45, 7) is 9.07. The van der Waals surface area contributed by atoms with Crippen molar-refractivity contribution in [2.75, 3.05) is 13.7 Å². The number of alkyl halides is 2. The Balaban J connectivity index is 1.68. The van der Waals surface area contributed by atoms with Crippen LogP contribution < -0.4 is 0 Å². The maximum atomic E-state index is 14.4. The molecule has 1 aliphatic rings. The number of aromatic nitrogens is 3. The van der Waals surface area contributed by atoms with E-state index in [1.54, 1.807) is 40.0 Å². The number of hydrogen-bond donors (Lipinski definition) is 0. The highest BCUT2D eigenvalue weighted by Gasteiger charge is 2.37. The van der Waals surface area contributed by atoms with E-state index >= 15 is 0 Å². The molecule has 1 aliphatic carbocycles.